The Kier molecular flexibility index (Phi) is 4.38. The quantitative estimate of drug-likeness (QED) is 0.850. The monoisotopic (exact) mass is 254 g/mol. The Hall–Kier alpha value is -1.33. The van der Waals surface area contributed by atoms with E-state index in [9.17, 15) is 9.50 Å². The number of halogens is 1. The summed E-state index contributed by atoms with van der Waals surface area (Å²) in [7, 11) is 1.49. The number of phenolic OH excluding ortho intramolecular Hbond substituents is 1. The molecule has 1 aromatic carbocycles. The summed E-state index contributed by atoms with van der Waals surface area (Å²) in [5.41, 5.74) is 0.842. The van der Waals surface area contributed by atoms with Crippen LogP contribution in [0.5, 0.6) is 11.5 Å². The molecule has 0 aliphatic carbocycles. The van der Waals surface area contributed by atoms with E-state index in [0.717, 1.165) is 31.7 Å². The zero-order valence-corrected chi connectivity index (χ0v) is 10.5. The van der Waals surface area contributed by atoms with Gasteiger partial charge in [0.2, 0.25) is 0 Å². The van der Waals surface area contributed by atoms with E-state index in [4.69, 9.17) is 4.74 Å². The summed E-state index contributed by atoms with van der Waals surface area (Å²) in [6.07, 6.45) is 0. The summed E-state index contributed by atoms with van der Waals surface area (Å²) in [4.78, 5) is 2.11. The van der Waals surface area contributed by atoms with Crippen LogP contribution in [-0.4, -0.2) is 50.0 Å². The number of aromatic hydroxyl groups is 1. The number of nitrogens with zero attached hydrogens (tertiary/aromatic N) is 1. The molecule has 0 aromatic heterocycles. The van der Waals surface area contributed by atoms with Gasteiger partial charge in [0.1, 0.15) is 6.67 Å². The maximum atomic E-state index is 13.3. The molecule has 0 radical (unpaired) electrons. The average Bonchev–Trinajstić information content (AvgIpc) is 2.42. The fourth-order valence-corrected chi connectivity index (χ4v) is 2.29. The maximum Gasteiger partial charge on any atom is 0.160 e. The van der Waals surface area contributed by atoms with E-state index in [1.165, 1.54) is 7.11 Å². The highest BCUT2D eigenvalue weighted by Crippen LogP contribution is 2.31. The lowest BCUT2D eigenvalue weighted by molar-refractivity contribution is 0.147. The van der Waals surface area contributed by atoms with E-state index < -0.39 is 6.67 Å². The Bertz CT molecular complexity index is 395. The molecule has 0 bridgehead atoms. The van der Waals surface area contributed by atoms with Gasteiger partial charge < -0.3 is 15.2 Å². The maximum absolute atomic E-state index is 13.3. The third-order valence-corrected chi connectivity index (χ3v) is 3.33. The van der Waals surface area contributed by atoms with Gasteiger partial charge >= 0.3 is 0 Å². The Labute approximate surface area is 106 Å². The molecule has 1 heterocycles. The topological polar surface area (TPSA) is 44.7 Å². The van der Waals surface area contributed by atoms with Crippen molar-refractivity contribution >= 4 is 0 Å². The molecular formula is C13H19FN2O2. The molecule has 1 fully saturated rings. The van der Waals surface area contributed by atoms with Crippen LogP contribution in [0.25, 0.3) is 0 Å². The molecule has 0 spiro atoms. The molecular weight excluding hydrogens is 235 g/mol. The van der Waals surface area contributed by atoms with E-state index in [-0.39, 0.29) is 11.8 Å². The van der Waals surface area contributed by atoms with Gasteiger partial charge in [-0.15, -0.1) is 0 Å². The summed E-state index contributed by atoms with van der Waals surface area (Å²) in [6.45, 7) is 2.99. The molecule has 1 saturated heterocycles. The largest absolute Gasteiger partial charge is 0.504 e. The van der Waals surface area contributed by atoms with Gasteiger partial charge in [-0.3, -0.25) is 4.90 Å². The van der Waals surface area contributed by atoms with E-state index in [1.54, 1.807) is 18.2 Å². The van der Waals surface area contributed by atoms with Crippen molar-refractivity contribution in [3.63, 3.8) is 0 Å². The van der Waals surface area contributed by atoms with Crippen LogP contribution in [0.15, 0.2) is 18.2 Å². The number of alkyl halides is 1. The molecule has 1 aromatic rings. The second-order valence-corrected chi connectivity index (χ2v) is 4.39. The van der Waals surface area contributed by atoms with E-state index in [1.807, 2.05) is 0 Å². The van der Waals surface area contributed by atoms with Crippen molar-refractivity contribution in [2.24, 2.45) is 0 Å². The number of hydrogen-bond acceptors (Lipinski definition) is 4. The molecule has 100 valence electrons. The Morgan fingerprint density at radius 3 is 2.78 bits per heavy atom. The van der Waals surface area contributed by atoms with Gasteiger partial charge in [-0.05, 0) is 17.7 Å². The number of piperazine rings is 1. The number of ether oxygens (including phenoxy) is 1. The highest BCUT2D eigenvalue weighted by atomic mass is 19.1. The molecule has 1 aliphatic heterocycles. The zero-order valence-electron chi connectivity index (χ0n) is 10.5. The van der Waals surface area contributed by atoms with E-state index >= 15 is 0 Å². The van der Waals surface area contributed by atoms with Crippen molar-refractivity contribution in [2.45, 2.75) is 6.04 Å². The molecule has 0 unspecified atom stereocenters. The predicted molar refractivity (Wildman–Crippen MR) is 67.8 cm³/mol. The molecule has 1 atom stereocenters. The molecule has 18 heavy (non-hydrogen) atoms. The van der Waals surface area contributed by atoms with Gasteiger partial charge in [0, 0.05) is 26.2 Å². The number of benzene rings is 1. The summed E-state index contributed by atoms with van der Waals surface area (Å²) >= 11 is 0. The van der Waals surface area contributed by atoms with Crippen LogP contribution in [0, 0.1) is 0 Å². The highest BCUT2D eigenvalue weighted by molar-refractivity contribution is 5.42. The Morgan fingerprint density at radius 2 is 2.17 bits per heavy atom. The van der Waals surface area contributed by atoms with Crippen LogP contribution >= 0.6 is 0 Å². The van der Waals surface area contributed by atoms with Gasteiger partial charge in [-0.1, -0.05) is 6.07 Å². The first kappa shape index (κ1) is 13.1. The molecule has 0 amide bonds. The predicted octanol–water partition coefficient (Wildman–Crippen LogP) is 1.32. The molecule has 5 heteroatoms. The zero-order chi connectivity index (χ0) is 13.0. The van der Waals surface area contributed by atoms with Crippen molar-refractivity contribution in [1.82, 2.24) is 10.2 Å². The lowest BCUT2D eigenvalue weighted by Gasteiger charge is -2.33. The molecule has 4 nitrogen and oxygen atoms in total. The van der Waals surface area contributed by atoms with Crippen molar-refractivity contribution in [3.8, 4) is 11.5 Å². The minimum Gasteiger partial charge on any atom is -0.504 e. The normalized spacial score (nSPS) is 18.6. The summed E-state index contributed by atoms with van der Waals surface area (Å²) < 4.78 is 18.4. The number of hydrogen-bond donors (Lipinski definition) is 2. The number of nitrogens with one attached hydrogen (secondary N) is 1. The van der Waals surface area contributed by atoms with Gasteiger partial charge in [0.15, 0.2) is 11.5 Å². The van der Waals surface area contributed by atoms with Crippen molar-refractivity contribution < 1.29 is 14.2 Å². The highest BCUT2D eigenvalue weighted by Gasteiger charge is 2.22. The van der Waals surface area contributed by atoms with Crippen LogP contribution in [0.3, 0.4) is 0 Å². The number of rotatable bonds is 4. The van der Waals surface area contributed by atoms with Crippen LogP contribution in [0.2, 0.25) is 0 Å². The number of phenols is 1. The van der Waals surface area contributed by atoms with Crippen LogP contribution in [-0.2, 0) is 0 Å². The lowest BCUT2D eigenvalue weighted by Crippen LogP contribution is -2.45. The fraction of sp³-hybridized carbons (Fsp3) is 0.538. The van der Waals surface area contributed by atoms with Crippen LogP contribution in [0.1, 0.15) is 11.6 Å². The van der Waals surface area contributed by atoms with Gasteiger partial charge in [-0.25, -0.2) is 4.39 Å². The second kappa shape index (κ2) is 6.02. The third kappa shape index (κ3) is 2.73. The second-order valence-electron chi connectivity index (χ2n) is 4.39. The minimum absolute atomic E-state index is 0.0826. The SMILES string of the molecule is COc1cc([C@H](CF)N2CCNCC2)ccc1O. The smallest absolute Gasteiger partial charge is 0.160 e. The van der Waals surface area contributed by atoms with E-state index in [0.29, 0.717) is 5.75 Å². The molecule has 2 N–H and O–H groups in total. The molecule has 0 saturated carbocycles. The van der Waals surface area contributed by atoms with Crippen molar-refractivity contribution in [1.29, 1.82) is 0 Å². The summed E-state index contributed by atoms with van der Waals surface area (Å²) in [5, 5.41) is 12.8. The van der Waals surface area contributed by atoms with E-state index in [2.05, 4.69) is 10.2 Å². The minimum atomic E-state index is -0.437. The van der Waals surface area contributed by atoms with Crippen molar-refractivity contribution in [2.75, 3.05) is 40.0 Å². The Balaban J connectivity index is 2.20. The fourth-order valence-electron chi connectivity index (χ4n) is 2.29. The van der Waals surface area contributed by atoms with Crippen LogP contribution < -0.4 is 10.1 Å². The average molecular weight is 254 g/mol. The summed E-state index contributed by atoms with van der Waals surface area (Å²) in [5.74, 6) is 0.472. The first-order valence-electron chi connectivity index (χ1n) is 6.14. The Morgan fingerprint density at radius 1 is 1.44 bits per heavy atom. The molecule has 2 rings (SSSR count). The van der Waals surface area contributed by atoms with Crippen LogP contribution in [0.4, 0.5) is 4.39 Å². The first-order chi connectivity index (χ1) is 8.76. The number of methoxy groups -OCH3 is 1. The third-order valence-electron chi connectivity index (χ3n) is 3.33. The van der Waals surface area contributed by atoms with Gasteiger partial charge in [-0.2, -0.15) is 0 Å². The van der Waals surface area contributed by atoms with Gasteiger partial charge in [0.05, 0.1) is 13.2 Å². The lowest BCUT2D eigenvalue weighted by atomic mass is 10.0. The first-order valence-corrected chi connectivity index (χ1v) is 6.14. The van der Waals surface area contributed by atoms with Crippen molar-refractivity contribution in [3.05, 3.63) is 23.8 Å². The summed E-state index contributed by atoms with van der Waals surface area (Å²) in [6, 6.07) is 4.76. The molecule has 1 aliphatic rings. The standard InChI is InChI=1S/C13H19FN2O2/c1-18-13-8-10(2-3-12(13)17)11(9-14)16-6-4-15-5-7-16/h2-3,8,11,15,17H,4-7,9H2,1H3/t11-/m0/s1. The van der Waals surface area contributed by atoms with Gasteiger partial charge in [0.25, 0.3) is 0 Å².